The van der Waals surface area contributed by atoms with Crippen molar-refractivity contribution < 1.29 is 47.9 Å². The minimum atomic E-state index is -0.414. The lowest BCUT2D eigenvalue weighted by molar-refractivity contribution is -0.119. The molecule has 0 spiro atoms. The van der Waals surface area contributed by atoms with Gasteiger partial charge in [0.1, 0.15) is 11.6 Å². The van der Waals surface area contributed by atoms with E-state index in [4.69, 9.17) is 0 Å². The molecule has 0 atom stereocenters. The average Bonchev–Trinajstić information content (AvgIpc) is 1.64. The van der Waals surface area contributed by atoms with Crippen LogP contribution < -0.4 is 42.5 Å². The molecular formula is C86H96N16O10. The third kappa shape index (κ3) is 20.2. The summed E-state index contributed by atoms with van der Waals surface area (Å²) in [4.78, 5) is 141. The van der Waals surface area contributed by atoms with Crippen LogP contribution in [0.3, 0.4) is 0 Å². The number of Topliss-reactive ketones (excluding diaryl/α,β-unsaturated/α-hetero) is 2. The van der Waals surface area contributed by atoms with E-state index in [9.17, 15) is 47.9 Å². The Morgan fingerprint density at radius 3 is 1.33 bits per heavy atom. The second kappa shape index (κ2) is 37.6. The Hall–Kier alpha value is -12.7. The van der Waals surface area contributed by atoms with Crippen molar-refractivity contribution in [1.29, 1.82) is 0 Å². The summed E-state index contributed by atoms with van der Waals surface area (Å²) in [5, 5.41) is 33.1. The number of likely N-dealkylation sites (N-methyl/N-ethyl adjacent to an activating group) is 2. The summed E-state index contributed by atoms with van der Waals surface area (Å²) >= 11 is 0. The van der Waals surface area contributed by atoms with Gasteiger partial charge in [-0.1, -0.05) is 88.4 Å². The summed E-state index contributed by atoms with van der Waals surface area (Å²) in [6.45, 7) is 22.5. The van der Waals surface area contributed by atoms with Crippen molar-refractivity contribution >= 4 is 133 Å². The molecule has 0 aliphatic carbocycles. The number of fused-ring (bicyclic) bond motifs is 4. The monoisotopic (exact) mass is 1510 g/mol. The van der Waals surface area contributed by atoms with Crippen molar-refractivity contribution in [3.05, 3.63) is 219 Å². The highest BCUT2D eigenvalue weighted by Crippen LogP contribution is 2.37. The number of amides is 8. The Balaban J connectivity index is 0.000000222. The Morgan fingerprint density at radius 2 is 0.884 bits per heavy atom. The van der Waals surface area contributed by atoms with Gasteiger partial charge in [0.2, 0.25) is 11.8 Å². The highest BCUT2D eigenvalue weighted by atomic mass is 16.2. The minimum absolute atomic E-state index is 0.0341. The van der Waals surface area contributed by atoms with E-state index >= 15 is 0 Å². The molecule has 2 aliphatic rings. The molecule has 10 N–H and O–H groups in total. The zero-order chi connectivity index (χ0) is 79.5. The van der Waals surface area contributed by atoms with Crippen molar-refractivity contribution in [3.63, 3.8) is 0 Å². The number of urea groups is 2. The maximum atomic E-state index is 13.2. The van der Waals surface area contributed by atoms with E-state index in [0.29, 0.717) is 135 Å². The largest absolute Gasteiger partial charge is 0.358 e. The van der Waals surface area contributed by atoms with E-state index in [1.807, 2.05) is 100 Å². The molecule has 2 aliphatic heterocycles. The Kier molecular flexibility index (Phi) is 27.0. The second-order valence-electron chi connectivity index (χ2n) is 27.8. The van der Waals surface area contributed by atoms with Crippen LogP contribution in [0.4, 0.5) is 38.0 Å². The molecule has 6 aromatic carbocycles. The van der Waals surface area contributed by atoms with Crippen LogP contribution in [0, 0.1) is 27.7 Å². The second-order valence-corrected chi connectivity index (χ2v) is 27.8. The number of nitrogens with zero attached hydrogens (tertiary/aromatic N) is 6. The van der Waals surface area contributed by atoms with Crippen molar-refractivity contribution in [2.75, 3.05) is 85.5 Å². The van der Waals surface area contributed by atoms with E-state index in [1.165, 1.54) is 9.36 Å². The van der Waals surface area contributed by atoms with Gasteiger partial charge in [-0.25, -0.2) is 19.0 Å². The zero-order valence-electron chi connectivity index (χ0n) is 64.5. The maximum Gasteiger partial charge on any atom is 0.323 e. The molecule has 6 heterocycles. The first kappa shape index (κ1) is 80.3. The van der Waals surface area contributed by atoms with Crippen LogP contribution in [0.25, 0.3) is 45.1 Å². The predicted molar refractivity (Wildman–Crippen MR) is 439 cm³/mol. The first-order chi connectivity index (χ1) is 54.1. The molecule has 0 saturated heterocycles. The number of rotatable bonds is 32. The van der Waals surface area contributed by atoms with Gasteiger partial charge in [-0.15, -0.1) is 0 Å². The summed E-state index contributed by atoms with van der Waals surface area (Å²) < 4.78 is 2.61. The summed E-state index contributed by atoms with van der Waals surface area (Å²) in [7, 11) is 0. The Bertz CT molecular complexity index is 5250. The fourth-order valence-corrected chi connectivity index (χ4v) is 14.0. The number of aryl methyl sites for hydroxylation is 2. The first-order valence-electron chi connectivity index (χ1n) is 38.1. The molecule has 0 bridgehead atoms. The molecule has 10 aromatic rings. The number of aromatic nitrogens is 6. The summed E-state index contributed by atoms with van der Waals surface area (Å²) in [5.74, 6) is -1.44. The van der Waals surface area contributed by atoms with Crippen molar-refractivity contribution in [2.45, 2.75) is 113 Å². The number of benzene rings is 6. The van der Waals surface area contributed by atoms with Gasteiger partial charge < -0.3 is 62.3 Å². The zero-order valence-corrected chi connectivity index (χ0v) is 64.5. The Morgan fingerprint density at radius 1 is 0.455 bits per heavy atom. The molecule has 580 valence electrons. The molecule has 112 heavy (non-hydrogen) atoms. The number of anilines is 5. The van der Waals surface area contributed by atoms with Gasteiger partial charge in [0.25, 0.3) is 23.6 Å². The lowest BCUT2D eigenvalue weighted by Crippen LogP contribution is -2.35. The number of hydrogen-bond donors (Lipinski definition) is 10. The number of carbonyl (C=O) groups is 10. The molecule has 12 rings (SSSR count). The lowest BCUT2D eigenvalue weighted by Gasteiger charge is -2.18. The minimum Gasteiger partial charge on any atom is -0.358 e. The molecule has 4 aromatic heterocycles. The van der Waals surface area contributed by atoms with E-state index in [-0.39, 0.29) is 91.6 Å². The smallest absolute Gasteiger partial charge is 0.323 e. The van der Waals surface area contributed by atoms with Crippen LogP contribution in [0.15, 0.2) is 146 Å². The van der Waals surface area contributed by atoms with Gasteiger partial charge >= 0.3 is 12.1 Å². The van der Waals surface area contributed by atoms with Crippen LogP contribution in [0.5, 0.6) is 0 Å². The maximum absolute atomic E-state index is 13.2. The molecule has 0 radical (unpaired) electrons. The fourth-order valence-electron chi connectivity index (χ4n) is 14.0. The average molecular weight is 1510 g/mol. The summed E-state index contributed by atoms with van der Waals surface area (Å²) in [5.41, 5.74) is 14.4. The number of nitrogens with one attached hydrogen (secondary N) is 10. The van der Waals surface area contributed by atoms with Gasteiger partial charge in [0.05, 0.1) is 45.7 Å². The third-order valence-corrected chi connectivity index (χ3v) is 20.1. The predicted octanol–water partition coefficient (Wildman–Crippen LogP) is 13.3. The number of carbonyl (C=O) groups excluding carboxylic acids is 10. The molecular weight excluding hydrogens is 1420 g/mol. The molecule has 0 saturated carbocycles. The number of ketones is 2. The normalized spacial score (nSPS) is 12.9. The van der Waals surface area contributed by atoms with E-state index in [1.54, 1.807) is 85.2 Å². The van der Waals surface area contributed by atoms with Crippen LogP contribution >= 0.6 is 0 Å². The van der Waals surface area contributed by atoms with E-state index < -0.39 is 6.03 Å². The van der Waals surface area contributed by atoms with E-state index in [0.717, 1.165) is 77.9 Å². The lowest BCUT2D eigenvalue weighted by atomic mass is 9.98. The van der Waals surface area contributed by atoms with Crippen LogP contribution in [-0.4, -0.2) is 157 Å². The van der Waals surface area contributed by atoms with Gasteiger partial charge in [0, 0.05) is 144 Å². The standard InChI is InChI=1S/C44H50N8O5.C42H46N8O5/c1-5-51(6-2)22-21-45-43(56)41-28(3)38(48-29(41)4)26-36-35-24-31(15-18-37(35)50-42(36)55)23-34(53)13-10-14-40(54)52-39-25-33(17-16-32(39)27-47-52)49-44(57)46-20-19-30-11-8-7-9-12-30;1-5-49(6-2)20-19-43-41(54)39-26(3)36(45-27(39)4)24-34-33-22-28(15-18-35(33)48-40(34)53)21-32(51)13-10-14-38(52)50-37-23-31(17-16-29(37)25-44-50)47-42(55)46-30-11-8-7-9-12-30/h7-9,11-12,15-18,24-27,48H,5-6,10,13-14,19-23H2,1-4H3,(H,45,56)(H,50,55)(H2,46,49,57);7-9,11-12,15-18,22-25,45H,5-6,10,13-14,19-21H2,1-4H3,(H,43,54)(H,48,53)(H2,46,47,55)/b36-26-;34-24-. The van der Waals surface area contributed by atoms with Crippen LogP contribution in [-0.2, 0) is 38.4 Å². The summed E-state index contributed by atoms with van der Waals surface area (Å²) in [6.07, 6.45) is 8.98. The van der Waals surface area contributed by atoms with Gasteiger partial charge in [-0.2, -0.15) is 10.2 Å². The van der Waals surface area contributed by atoms with Gasteiger partial charge in [0.15, 0.2) is 0 Å². The van der Waals surface area contributed by atoms with Crippen molar-refractivity contribution in [2.24, 2.45) is 0 Å². The fraction of sp³-hybridized carbons (Fsp3) is 0.302. The molecule has 26 nitrogen and oxygen atoms in total. The van der Waals surface area contributed by atoms with E-state index in [2.05, 4.69) is 100 Å². The molecule has 0 fully saturated rings. The van der Waals surface area contributed by atoms with Gasteiger partial charge in [-0.05, 0) is 186 Å². The third-order valence-electron chi connectivity index (χ3n) is 20.1. The highest BCUT2D eigenvalue weighted by Gasteiger charge is 2.29. The quantitative estimate of drug-likeness (QED) is 0.0175. The topological polar surface area (TPSA) is 341 Å². The molecule has 8 amide bonds. The number of H-pyrrole nitrogens is 2. The van der Waals surface area contributed by atoms with Crippen LogP contribution in [0.2, 0.25) is 0 Å². The Labute approximate surface area is 650 Å². The summed E-state index contributed by atoms with van der Waals surface area (Å²) in [6, 6.07) is 39.6. The highest BCUT2D eigenvalue weighted by molar-refractivity contribution is 6.36. The van der Waals surface area contributed by atoms with Crippen molar-refractivity contribution in [1.82, 2.24) is 55.3 Å². The number of hydrogen-bond acceptors (Lipinski definition) is 14. The number of para-hydroxylation sites is 1. The number of aromatic amines is 2. The SMILES string of the molecule is CCN(CC)CCNC(=O)c1c(C)[nH]c(/C=C2\C(=O)Nc3ccc(CC(=O)CCCC(=O)n4ncc5ccc(NC(=O)NCCc6ccccc6)cc54)cc32)c1C.CCN(CC)CCNC(=O)c1c(C)[nH]c(/C=C2\C(=O)Nc3ccc(CC(=O)CCCC(=O)n4ncc5ccc(NC(=O)Nc6ccccc6)cc54)cc32)c1C. The van der Waals surface area contributed by atoms with Crippen LogP contribution in [0.1, 0.15) is 158 Å². The van der Waals surface area contributed by atoms with Gasteiger partial charge in [-0.3, -0.25) is 38.4 Å². The molecule has 26 heteroatoms. The molecule has 0 unspecified atom stereocenters. The first-order valence-corrected chi connectivity index (χ1v) is 38.1. The van der Waals surface area contributed by atoms with Crippen molar-refractivity contribution in [3.8, 4) is 0 Å².